The van der Waals surface area contributed by atoms with E-state index in [1.54, 1.807) is 6.33 Å². The van der Waals surface area contributed by atoms with Gasteiger partial charge in [0.05, 0.1) is 24.2 Å². The van der Waals surface area contributed by atoms with Gasteiger partial charge in [-0.1, -0.05) is 0 Å². The van der Waals surface area contributed by atoms with E-state index in [1.807, 2.05) is 0 Å². The number of anilines is 1. The van der Waals surface area contributed by atoms with Crippen LogP contribution in [-0.4, -0.2) is 58.3 Å². The Morgan fingerprint density at radius 2 is 2.36 bits per heavy atom. The molecule has 8 nitrogen and oxygen atoms in total. The van der Waals surface area contributed by atoms with Crippen molar-refractivity contribution in [1.29, 1.82) is 5.26 Å². The SMILES string of the molecule is N#CC[C@H]1CN(c2ncnc3c2CCNC3)CCN1C(=O)O. The summed E-state index contributed by atoms with van der Waals surface area (Å²) in [5.74, 6) is 0.888. The largest absolute Gasteiger partial charge is 0.465 e. The van der Waals surface area contributed by atoms with Crippen molar-refractivity contribution in [3.05, 3.63) is 17.6 Å². The van der Waals surface area contributed by atoms with E-state index in [2.05, 4.69) is 26.3 Å². The summed E-state index contributed by atoms with van der Waals surface area (Å²) in [4.78, 5) is 23.5. The average Bonchev–Trinajstić information content (AvgIpc) is 2.54. The number of amides is 1. The van der Waals surface area contributed by atoms with Gasteiger partial charge in [-0.2, -0.15) is 5.26 Å². The van der Waals surface area contributed by atoms with Gasteiger partial charge in [-0.3, -0.25) is 0 Å². The fourth-order valence-electron chi connectivity index (χ4n) is 3.12. The molecule has 22 heavy (non-hydrogen) atoms. The highest BCUT2D eigenvalue weighted by molar-refractivity contribution is 5.66. The van der Waals surface area contributed by atoms with Gasteiger partial charge >= 0.3 is 6.09 Å². The van der Waals surface area contributed by atoms with Crippen LogP contribution in [0.15, 0.2) is 6.33 Å². The number of aromatic nitrogens is 2. The molecule has 0 aromatic carbocycles. The Balaban J connectivity index is 1.84. The summed E-state index contributed by atoms with van der Waals surface area (Å²) in [7, 11) is 0. The molecule has 3 heterocycles. The van der Waals surface area contributed by atoms with Crippen molar-refractivity contribution in [1.82, 2.24) is 20.2 Å². The van der Waals surface area contributed by atoms with E-state index in [1.165, 1.54) is 4.90 Å². The van der Waals surface area contributed by atoms with Crippen molar-refractivity contribution in [2.24, 2.45) is 0 Å². The Bertz CT molecular complexity index is 614. The number of nitrogens with one attached hydrogen (secondary N) is 1. The topological polar surface area (TPSA) is 105 Å². The number of rotatable bonds is 2. The first kappa shape index (κ1) is 14.5. The summed E-state index contributed by atoms with van der Waals surface area (Å²) in [6, 6.07) is 1.77. The van der Waals surface area contributed by atoms with Gasteiger partial charge in [0.25, 0.3) is 0 Å². The van der Waals surface area contributed by atoms with Crippen molar-refractivity contribution in [2.45, 2.75) is 25.4 Å². The number of piperazine rings is 1. The second kappa shape index (κ2) is 6.15. The first-order chi connectivity index (χ1) is 10.7. The van der Waals surface area contributed by atoms with Crippen LogP contribution in [0.25, 0.3) is 0 Å². The van der Waals surface area contributed by atoms with Gasteiger partial charge in [-0.25, -0.2) is 14.8 Å². The van der Waals surface area contributed by atoms with Gasteiger partial charge in [0, 0.05) is 31.7 Å². The predicted molar refractivity (Wildman–Crippen MR) is 78.4 cm³/mol. The third-order valence-electron chi connectivity index (χ3n) is 4.21. The minimum absolute atomic E-state index is 0.192. The molecule has 1 atom stereocenters. The molecule has 1 fully saturated rings. The molecular weight excluding hydrogens is 284 g/mol. The minimum Gasteiger partial charge on any atom is -0.465 e. The lowest BCUT2D eigenvalue weighted by molar-refractivity contribution is 0.119. The molecule has 1 saturated heterocycles. The Morgan fingerprint density at radius 1 is 1.50 bits per heavy atom. The quantitative estimate of drug-likeness (QED) is 0.804. The maximum absolute atomic E-state index is 11.3. The molecule has 0 unspecified atom stereocenters. The van der Waals surface area contributed by atoms with Crippen LogP contribution in [0, 0.1) is 11.3 Å². The van der Waals surface area contributed by atoms with Crippen LogP contribution in [0.2, 0.25) is 0 Å². The lowest BCUT2D eigenvalue weighted by Crippen LogP contribution is -2.55. The van der Waals surface area contributed by atoms with Crippen LogP contribution >= 0.6 is 0 Å². The first-order valence-electron chi connectivity index (χ1n) is 7.35. The Hall–Kier alpha value is -2.40. The van der Waals surface area contributed by atoms with E-state index in [0.717, 1.165) is 36.6 Å². The molecule has 0 bridgehead atoms. The number of carbonyl (C=O) groups is 1. The zero-order valence-corrected chi connectivity index (χ0v) is 12.2. The lowest BCUT2D eigenvalue weighted by Gasteiger charge is -2.40. The molecule has 1 aromatic rings. The number of hydrogen-bond donors (Lipinski definition) is 2. The molecule has 3 rings (SSSR count). The predicted octanol–water partition coefficient (Wildman–Crippen LogP) is 0.205. The van der Waals surface area contributed by atoms with Gasteiger partial charge in [-0.15, -0.1) is 0 Å². The molecule has 8 heteroatoms. The van der Waals surface area contributed by atoms with Crippen LogP contribution in [0.3, 0.4) is 0 Å². The zero-order chi connectivity index (χ0) is 15.5. The summed E-state index contributed by atoms with van der Waals surface area (Å²) < 4.78 is 0. The minimum atomic E-state index is -0.964. The van der Waals surface area contributed by atoms with Crippen LogP contribution in [0.4, 0.5) is 10.6 Å². The van der Waals surface area contributed by atoms with Gasteiger partial charge < -0.3 is 20.2 Å². The highest BCUT2D eigenvalue weighted by Crippen LogP contribution is 2.25. The van der Waals surface area contributed by atoms with Gasteiger partial charge in [0.2, 0.25) is 0 Å². The highest BCUT2D eigenvalue weighted by Gasteiger charge is 2.32. The van der Waals surface area contributed by atoms with Gasteiger partial charge in [-0.05, 0) is 13.0 Å². The summed E-state index contributed by atoms with van der Waals surface area (Å²) in [6.45, 7) is 3.10. The maximum atomic E-state index is 11.3. The number of hydrogen-bond acceptors (Lipinski definition) is 6. The van der Waals surface area contributed by atoms with E-state index in [4.69, 9.17) is 5.26 Å². The smallest absolute Gasteiger partial charge is 0.407 e. The second-order valence-corrected chi connectivity index (χ2v) is 5.49. The fraction of sp³-hybridized carbons (Fsp3) is 0.571. The molecule has 0 spiro atoms. The molecule has 1 amide bonds. The summed E-state index contributed by atoms with van der Waals surface area (Å²) in [5, 5.41) is 21.5. The van der Waals surface area contributed by atoms with Crippen molar-refractivity contribution >= 4 is 11.9 Å². The van der Waals surface area contributed by atoms with E-state index in [9.17, 15) is 9.90 Å². The molecule has 0 aliphatic carbocycles. The van der Waals surface area contributed by atoms with Crippen LogP contribution in [0.5, 0.6) is 0 Å². The van der Waals surface area contributed by atoms with E-state index in [-0.39, 0.29) is 12.5 Å². The second-order valence-electron chi connectivity index (χ2n) is 5.49. The number of nitrogens with zero attached hydrogens (tertiary/aromatic N) is 5. The number of nitriles is 1. The van der Waals surface area contributed by atoms with E-state index in [0.29, 0.717) is 19.6 Å². The monoisotopic (exact) mass is 302 g/mol. The molecule has 1 aromatic heterocycles. The van der Waals surface area contributed by atoms with Crippen LogP contribution in [-0.2, 0) is 13.0 Å². The third kappa shape index (κ3) is 2.67. The summed E-state index contributed by atoms with van der Waals surface area (Å²) >= 11 is 0. The molecule has 2 aliphatic heterocycles. The average molecular weight is 302 g/mol. The summed E-state index contributed by atoms with van der Waals surface area (Å²) in [5.41, 5.74) is 2.15. The summed E-state index contributed by atoms with van der Waals surface area (Å²) in [6.07, 6.45) is 1.66. The molecular formula is C14H18N6O2. The lowest BCUT2D eigenvalue weighted by atomic mass is 10.0. The fourth-order valence-corrected chi connectivity index (χ4v) is 3.12. The van der Waals surface area contributed by atoms with Crippen molar-refractivity contribution in [2.75, 3.05) is 31.1 Å². The number of fused-ring (bicyclic) bond motifs is 1. The Labute approximate surface area is 128 Å². The van der Waals surface area contributed by atoms with Crippen molar-refractivity contribution in [3.8, 4) is 6.07 Å². The molecule has 0 saturated carbocycles. The molecule has 2 aliphatic rings. The van der Waals surface area contributed by atoms with Gasteiger partial charge in [0.15, 0.2) is 0 Å². The molecule has 2 N–H and O–H groups in total. The van der Waals surface area contributed by atoms with E-state index < -0.39 is 6.09 Å². The zero-order valence-electron chi connectivity index (χ0n) is 12.2. The Kier molecular flexibility index (Phi) is 4.06. The standard InChI is InChI=1S/C14H18N6O2/c15-3-1-10-8-19(5-6-20(10)14(21)22)13-11-2-4-16-7-12(11)17-9-18-13/h9-10,16H,1-2,4-8H2,(H,21,22)/t10-/m0/s1. The van der Waals surface area contributed by atoms with Crippen LogP contribution in [0.1, 0.15) is 17.7 Å². The van der Waals surface area contributed by atoms with E-state index >= 15 is 0 Å². The molecule has 0 radical (unpaired) electrons. The number of carboxylic acid groups (broad SMARTS) is 1. The highest BCUT2D eigenvalue weighted by atomic mass is 16.4. The molecule has 116 valence electrons. The van der Waals surface area contributed by atoms with Crippen LogP contribution < -0.4 is 10.2 Å². The third-order valence-corrected chi connectivity index (χ3v) is 4.21. The van der Waals surface area contributed by atoms with Crippen molar-refractivity contribution < 1.29 is 9.90 Å². The normalized spacial score (nSPS) is 21.1. The Morgan fingerprint density at radius 3 is 3.14 bits per heavy atom. The first-order valence-corrected chi connectivity index (χ1v) is 7.35. The maximum Gasteiger partial charge on any atom is 0.407 e. The van der Waals surface area contributed by atoms with Crippen molar-refractivity contribution in [3.63, 3.8) is 0 Å². The van der Waals surface area contributed by atoms with Gasteiger partial charge in [0.1, 0.15) is 12.1 Å².